The molecule has 35 heavy (non-hydrogen) atoms. The van der Waals surface area contributed by atoms with E-state index in [1.54, 1.807) is 0 Å². The van der Waals surface area contributed by atoms with Crippen LogP contribution >= 0.6 is 24.2 Å². The lowest BCUT2D eigenvalue weighted by atomic mass is 10.0. The molecule has 2 aromatic carbocycles. The first-order chi connectivity index (χ1) is 16.1. The second-order valence-corrected chi connectivity index (χ2v) is 8.72. The van der Waals surface area contributed by atoms with Crippen molar-refractivity contribution in [2.24, 2.45) is 5.73 Å². The quantitative estimate of drug-likeness (QED) is 0.424. The molecule has 1 aliphatic rings. The van der Waals surface area contributed by atoms with Crippen LogP contribution in [-0.2, 0) is 20.8 Å². The normalized spacial score (nSPS) is 15.8. The second-order valence-electron chi connectivity index (χ2n) is 7.53. The van der Waals surface area contributed by atoms with Gasteiger partial charge in [-0.05, 0) is 42.3 Å². The van der Waals surface area contributed by atoms with E-state index < -0.39 is 53.3 Å². The zero-order valence-electron chi connectivity index (χ0n) is 18.2. The number of rotatable bonds is 9. The number of carboxylic acid groups (broad SMARTS) is 1. The van der Waals surface area contributed by atoms with Gasteiger partial charge in [0, 0.05) is 36.5 Å². The number of carboxylic acids is 1. The summed E-state index contributed by atoms with van der Waals surface area (Å²) in [5.74, 6) is -4.59. The van der Waals surface area contributed by atoms with Gasteiger partial charge in [-0.3, -0.25) is 9.59 Å². The number of aliphatic carboxylic acids is 1. The minimum absolute atomic E-state index is 0. The highest BCUT2D eigenvalue weighted by molar-refractivity contribution is 8.00. The highest BCUT2D eigenvalue weighted by atomic mass is 35.5. The summed E-state index contributed by atoms with van der Waals surface area (Å²) in [4.78, 5) is 37.4. The Hall–Kier alpha value is -2.96. The highest BCUT2D eigenvalue weighted by Gasteiger charge is 2.35. The van der Waals surface area contributed by atoms with Gasteiger partial charge >= 0.3 is 5.97 Å². The molecule has 1 saturated heterocycles. The van der Waals surface area contributed by atoms with Crippen LogP contribution in [0.1, 0.15) is 12.0 Å². The van der Waals surface area contributed by atoms with E-state index >= 15 is 0 Å². The molecule has 0 aromatic heterocycles. The van der Waals surface area contributed by atoms with Gasteiger partial charge in [0.25, 0.3) is 5.91 Å². The van der Waals surface area contributed by atoms with Crippen LogP contribution in [0.3, 0.4) is 0 Å². The van der Waals surface area contributed by atoms with Crippen LogP contribution in [0.15, 0.2) is 36.4 Å². The fraction of sp³-hybridized carbons (Fsp3) is 0.318. The van der Waals surface area contributed by atoms with Crippen LogP contribution in [0, 0.1) is 17.5 Å². The smallest absolute Gasteiger partial charge is 0.341 e. The average Bonchev–Trinajstić information content (AvgIpc) is 3.27. The number of carbonyl (C=O) groups excluding carboxylic acids is 2. The molecular formula is C22H23ClF3N3O5S. The third-order valence-corrected chi connectivity index (χ3v) is 6.13. The summed E-state index contributed by atoms with van der Waals surface area (Å²) in [5.41, 5.74) is 6.24. The average molecular weight is 534 g/mol. The molecule has 3 rings (SSSR count). The van der Waals surface area contributed by atoms with Crippen molar-refractivity contribution in [1.82, 2.24) is 4.90 Å². The Morgan fingerprint density at radius 3 is 2.46 bits per heavy atom. The molecule has 190 valence electrons. The molecule has 2 atom stereocenters. The van der Waals surface area contributed by atoms with Crippen molar-refractivity contribution < 1.29 is 37.4 Å². The monoisotopic (exact) mass is 533 g/mol. The van der Waals surface area contributed by atoms with Crippen LogP contribution < -0.4 is 15.8 Å². The van der Waals surface area contributed by atoms with Gasteiger partial charge in [0.1, 0.15) is 11.6 Å². The number of hydrogen-bond acceptors (Lipinski definition) is 6. The summed E-state index contributed by atoms with van der Waals surface area (Å²) < 4.78 is 45.4. The van der Waals surface area contributed by atoms with Gasteiger partial charge < -0.3 is 25.8 Å². The molecular weight excluding hydrogens is 511 g/mol. The van der Waals surface area contributed by atoms with Crippen LogP contribution in [0.5, 0.6) is 5.75 Å². The van der Waals surface area contributed by atoms with Crippen LogP contribution in [-0.4, -0.2) is 58.1 Å². The molecule has 13 heteroatoms. The predicted molar refractivity (Wildman–Crippen MR) is 126 cm³/mol. The Morgan fingerprint density at radius 1 is 1.14 bits per heavy atom. The summed E-state index contributed by atoms with van der Waals surface area (Å²) in [6.45, 7) is -0.178. The lowest BCUT2D eigenvalue weighted by Crippen LogP contribution is -2.44. The van der Waals surface area contributed by atoms with E-state index in [9.17, 15) is 27.6 Å². The fourth-order valence-electron chi connectivity index (χ4n) is 3.34. The molecule has 0 aliphatic carbocycles. The van der Waals surface area contributed by atoms with Gasteiger partial charge in [0.05, 0.1) is 0 Å². The molecule has 2 unspecified atom stereocenters. The zero-order chi connectivity index (χ0) is 24.8. The summed E-state index contributed by atoms with van der Waals surface area (Å²) >= 11 is 1.27. The molecule has 0 spiro atoms. The molecule has 2 amide bonds. The second kappa shape index (κ2) is 12.7. The van der Waals surface area contributed by atoms with Crippen LogP contribution in [0.2, 0.25) is 0 Å². The van der Waals surface area contributed by atoms with E-state index in [2.05, 4.69) is 5.32 Å². The van der Waals surface area contributed by atoms with Crippen molar-refractivity contribution in [2.45, 2.75) is 24.3 Å². The first-order valence-corrected chi connectivity index (χ1v) is 11.2. The number of amides is 2. The summed E-state index contributed by atoms with van der Waals surface area (Å²) in [6, 6.07) is 6.36. The number of nitrogens with two attached hydrogens (primary N) is 1. The summed E-state index contributed by atoms with van der Waals surface area (Å²) in [6.07, 6.45) is -0.388. The number of halogens is 4. The van der Waals surface area contributed by atoms with Crippen LogP contribution in [0.4, 0.5) is 18.9 Å². The standard InChI is InChI=1S/C22H22F3N3O5S.ClH/c23-16-10-18(25)17(24)8-12(16)7-13(26)9-19(29)28-5-6-34-22(28)21(32)27-14-1-3-15(4-2-14)33-11-20(30)31;/h1-4,8,10,13,22H,5-7,9,11,26H2,(H,27,32)(H,30,31);1H. The summed E-state index contributed by atoms with van der Waals surface area (Å²) in [7, 11) is 0. The molecule has 0 bridgehead atoms. The van der Waals surface area contributed by atoms with Crippen molar-refractivity contribution in [3.8, 4) is 5.75 Å². The SMILES string of the molecule is Cl.NC(CC(=O)N1CCSC1C(=O)Nc1ccc(OCC(=O)O)cc1)Cc1cc(F)c(F)cc1F. The highest BCUT2D eigenvalue weighted by Crippen LogP contribution is 2.27. The van der Waals surface area contributed by atoms with E-state index in [-0.39, 0.29) is 30.8 Å². The van der Waals surface area contributed by atoms with Gasteiger partial charge in [-0.15, -0.1) is 24.2 Å². The number of nitrogens with one attached hydrogen (secondary N) is 1. The fourth-order valence-corrected chi connectivity index (χ4v) is 4.48. The van der Waals surface area contributed by atoms with Crippen LogP contribution in [0.25, 0.3) is 0 Å². The number of benzene rings is 2. The first-order valence-electron chi connectivity index (χ1n) is 10.2. The van der Waals surface area contributed by atoms with Crippen molar-refractivity contribution in [3.05, 3.63) is 59.4 Å². The van der Waals surface area contributed by atoms with Gasteiger partial charge in [0.15, 0.2) is 23.6 Å². The molecule has 1 aliphatic heterocycles. The Balaban J connectivity index is 0.00000432. The molecule has 1 fully saturated rings. The van der Waals surface area contributed by atoms with Crippen molar-refractivity contribution in [3.63, 3.8) is 0 Å². The lowest BCUT2D eigenvalue weighted by Gasteiger charge is -2.24. The third-order valence-electron chi connectivity index (χ3n) is 4.93. The number of anilines is 1. The Labute approximate surface area is 209 Å². The van der Waals surface area contributed by atoms with Crippen molar-refractivity contribution in [1.29, 1.82) is 0 Å². The Bertz CT molecular complexity index is 1080. The largest absolute Gasteiger partial charge is 0.482 e. The van der Waals surface area contributed by atoms with Gasteiger partial charge in [-0.25, -0.2) is 18.0 Å². The molecule has 0 saturated carbocycles. The molecule has 0 radical (unpaired) electrons. The van der Waals surface area contributed by atoms with Gasteiger partial charge in [0.2, 0.25) is 5.91 Å². The summed E-state index contributed by atoms with van der Waals surface area (Å²) in [5, 5.41) is 10.5. The van der Waals surface area contributed by atoms with E-state index in [0.29, 0.717) is 29.8 Å². The minimum atomic E-state index is -1.31. The maximum absolute atomic E-state index is 13.9. The van der Waals surface area contributed by atoms with Gasteiger partial charge in [-0.1, -0.05) is 0 Å². The Morgan fingerprint density at radius 2 is 1.80 bits per heavy atom. The van der Waals surface area contributed by atoms with E-state index in [4.69, 9.17) is 15.6 Å². The first kappa shape index (κ1) is 28.3. The van der Waals surface area contributed by atoms with Crippen molar-refractivity contribution in [2.75, 3.05) is 24.2 Å². The molecule has 4 N–H and O–H groups in total. The molecule has 1 heterocycles. The van der Waals surface area contributed by atoms with Crippen molar-refractivity contribution >= 4 is 47.6 Å². The van der Waals surface area contributed by atoms with Gasteiger partial charge in [-0.2, -0.15) is 0 Å². The third kappa shape index (κ3) is 7.77. The molecule has 2 aromatic rings. The number of hydrogen-bond donors (Lipinski definition) is 3. The predicted octanol–water partition coefficient (Wildman–Crippen LogP) is 2.79. The number of carbonyl (C=O) groups is 3. The minimum Gasteiger partial charge on any atom is -0.482 e. The van der Waals surface area contributed by atoms with E-state index in [1.165, 1.54) is 40.9 Å². The number of nitrogens with zero attached hydrogens (tertiary/aromatic N) is 1. The van der Waals surface area contributed by atoms with E-state index in [1.807, 2.05) is 0 Å². The number of thioether (sulfide) groups is 1. The maximum atomic E-state index is 13.9. The lowest BCUT2D eigenvalue weighted by molar-refractivity contribution is -0.139. The topological polar surface area (TPSA) is 122 Å². The maximum Gasteiger partial charge on any atom is 0.341 e. The molecule has 8 nitrogen and oxygen atoms in total. The van der Waals surface area contributed by atoms with E-state index in [0.717, 1.165) is 6.07 Å². The zero-order valence-corrected chi connectivity index (χ0v) is 19.8. The Kier molecular flexibility index (Phi) is 10.2. The number of ether oxygens (including phenoxy) is 1.